The molecule has 1 N–H and O–H groups in total. The third-order valence-electron chi connectivity index (χ3n) is 4.61. The largest absolute Gasteiger partial charge is 0.497 e. The maximum absolute atomic E-state index is 13.0. The molecule has 2 aromatic carbocycles. The highest BCUT2D eigenvalue weighted by atomic mass is 19.1. The molecule has 2 amide bonds. The molecule has 1 atom stereocenters. The number of benzene rings is 2. The Bertz CT molecular complexity index is 701. The molecule has 0 saturated carbocycles. The van der Waals surface area contributed by atoms with Gasteiger partial charge in [0.25, 0.3) is 0 Å². The first-order valence-corrected chi connectivity index (χ1v) is 8.64. The normalized spacial score (nSPS) is 17.7. The second kappa shape index (κ2) is 8.01. The number of carbonyl (C=O) groups is 1. The topological polar surface area (TPSA) is 41.6 Å². The van der Waals surface area contributed by atoms with E-state index in [1.165, 1.54) is 12.1 Å². The lowest BCUT2D eigenvalue weighted by atomic mass is 10.0. The van der Waals surface area contributed by atoms with Gasteiger partial charge >= 0.3 is 6.03 Å². The molecule has 2 aromatic rings. The SMILES string of the molecule is COc1ccc(C2CCCCCN2C(=O)Nc2ccc(F)cc2)cc1. The first-order valence-electron chi connectivity index (χ1n) is 8.64. The first-order chi connectivity index (χ1) is 12.2. The molecule has 1 heterocycles. The highest BCUT2D eigenvalue weighted by Crippen LogP contribution is 2.31. The minimum Gasteiger partial charge on any atom is -0.497 e. The van der Waals surface area contributed by atoms with Crippen LogP contribution in [0.15, 0.2) is 48.5 Å². The van der Waals surface area contributed by atoms with E-state index in [-0.39, 0.29) is 17.9 Å². The monoisotopic (exact) mass is 342 g/mol. The Balaban J connectivity index is 1.79. The summed E-state index contributed by atoms with van der Waals surface area (Å²) in [6, 6.07) is 13.6. The lowest BCUT2D eigenvalue weighted by Gasteiger charge is -2.30. The zero-order valence-electron chi connectivity index (χ0n) is 14.4. The molecule has 0 bridgehead atoms. The fourth-order valence-electron chi connectivity index (χ4n) is 3.25. The summed E-state index contributed by atoms with van der Waals surface area (Å²) in [7, 11) is 1.64. The Kier molecular flexibility index (Phi) is 5.53. The summed E-state index contributed by atoms with van der Waals surface area (Å²) >= 11 is 0. The van der Waals surface area contributed by atoms with Gasteiger partial charge in [-0.05, 0) is 54.8 Å². The minimum atomic E-state index is -0.316. The number of rotatable bonds is 3. The number of hydrogen-bond donors (Lipinski definition) is 1. The van der Waals surface area contributed by atoms with Crippen LogP contribution < -0.4 is 10.1 Å². The number of carbonyl (C=O) groups excluding carboxylic acids is 1. The van der Waals surface area contributed by atoms with Crippen molar-refractivity contribution in [1.29, 1.82) is 0 Å². The third kappa shape index (κ3) is 4.29. The van der Waals surface area contributed by atoms with Crippen LogP contribution in [0, 0.1) is 5.82 Å². The van der Waals surface area contributed by atoms with E-state index in [1.54, 1.807) is 19.2 Å². The first kappa shape index (κ1) is 17.3. The molecule has 4 nitrogen and oxygen atoms in total. The molecule has 0 aromatic heterocycles. The van der Waals surface area contributed by atoms with E-state index in [0.717, 1.165) is 37.0 Å². The zero-order chi connectivity index (χ0) is 17.6. The van der Waals surface area contributed by atoms with Crippen molar-refractivity contribution >= 4 is 11.7 Å². The molecule has 5 heteroatoms. The van der Waals surface area contributed by atoms with Gasteiger partial charge in [0.15, 0.2) is 0 Å². The van der Waals surface area contributed by atoms with Gasteiger partial charge in [0.2, 0.25) is 0 Å². The Morgan fingerprint density at radius 3 is 2.48 bits per heavy atom. The Morgan fingerprint density at radius 1 is 1.08 bits per heavy atom. The average molecular weight is 342 g/mol. The van der Waals surface area contributed by atoms with E-state index in [4.69, 9.17) is 4.74 Å². The molecule has 3 rings (SSSR count). The fraction of sp³-hybridized carbons (Fsp3) is 0.350. The molecule has 25 heavy (non-hydrogen) atoms. The van der Waals surface area contributed by atoms with E-state index in [9.17, 15) is 9.18 Å². The fourth-order valence-corrected chi connectivity index (χ4v) is 3.25. The number of likely N-dealkylation sites (tertiary alicyclic amines) is 1. The van der Waals surface area contributed by atoms with Gasteiger partial charge in [0.1, 0.15) is 11.6 Å². The second-order valence-corrected chi connectivity index (χ2v) is 6.27. The van der Waals surface area contributed by atoms with Crippen LogP contribution in [0.2, 0.25) is 0 Å². The summed E-state index contributed by atoms with van der Waals surface area (Å²) in [5.41, 5.74) is 1.71. The molecule has 1 aliphatic rings. The molecule has 0 aliphatic carbocycles. The van der Waals surface area contributed by atoms with Crippen molar-refractivity contribution in [3.05, 3.63) is 59.9 Å². The third-order valence-corrected chi connectivity index (χ3v) is 4.61. The number of hydrogen-bond acceptors (Lipinski definition) is 2. The van der Waals surface area contributed by atoms with Crippen LogP contribution in [-0.4, -0.2) is 24.6 Å². The predicted octanol–water partition coefficient (Wildman–Crippen LogP) is 4.98. The van der Waals surface area contributed by atoms with Crippen LogP contribution in [0.1, 0.15) is 37.3 Å². The molecule has 1 unspecified atom stereocenters. The van der Waals surface area contributed by atoms with Crippen molar-refractivity contribution in [3.8, 4) is 5.75 Å². The van der Waals surface area contributed by atoms with Crippen molar-refractivity contribution in [3.63, 3.8) is 0 Å². The van der Waals surface area contributed by atoms with Crippen LogP contribution >= 0.6 is 0 Å². The lowest BCUT2D eigenvalue weighted by Crippen LogP contribution is -2.38. The summed E-state index contributed by atoms with van der Waals surface area (Å²) < 4.78 is 18.3. The van der Waals surface area contributed by atoms with E-state index in [1.807, 2.05) is 29.2 Å². The van der Waals surface area contributed by atoms with Crippen molar-refractivity contribution in [2.75, 3.05) is 19.0 Å². The molecular formula is C20H23FN2O2. The Morgan fingerprint density at radius 2 is 1.80 bits per heavy atom. The number of amides is 2. The second-order valence-electron chi connectivity index (χ2n) is 6.27. The van der Waals surface area contributed by atoms with Crippen LogP contribution in [0.5, 0.6) is 5.75 Å². The Hall–Kier alpha value is -2.56. The smallest absolute Gasteiger partial charge is 0.322 e. The maximum Gasteiger partial charge on any atom is 0.322 e. The van der Waals surface area contributed by atoms with Gasteiger partial charge in [-0.25, -0.2) is 9.18 Å². The summed E-state index contributed by atoms with van der Waals surface area (Å²) in [6.45, 7) is 0.712. The lowest BCUT2D eigenvalue weighted by molar-refractivity contribution is 0.189. The van der Waals surface area contributed by atoms with E-state index in [2.05, 4.69) is 5.32 Å². The summed E-state index contributed by atoms with van der Waals surface area (Å²) in [4.78, 5) is 14.7. The van der Waals surface area contributed by atoms with Gasteiger partial charge in [0, 0.05) is 12.2 Å². The van der Waals surface area contributed by atoms with Crippen molar-refractivity contribution in [2.45, 2.75) is 31.7 Å². The van der Waals surface area contributed by atoms with Gasteiger partial charge in [-0.1, -0.05) is 25.0 Å². The maximum atomic E-state index is 13.0. The number of urea groups is 1. The Labute approximate surface area is 147 Å². The van der Waals surface area contributed by atoms with Crippen LogP contribution in [0.3, 0.4) is 0 Å². The van der Waals surface area contributed by atoms with Gasteiger partial charge in [0.05, 0.1) is 13.2 Å². The minimum absolute atomic E-state index is 0.0360. The number of ether oxygens (including phenoxy) is 1. The van der Waals surface area contributed by atoms with E-state index >= 15 is 0 Å². The zero-order valence-corrected chi connectivity index (χ0v) is 14.4. The summed E-state index contributed by atoms with van der Waals surface area (Å²) in [5.74, 6) is 0.489. The molecule has 1 saturated heterocycles. The van der Waals surface area contributed by atoms with E-state index in [0.29, 0.717) is 12.2 Å². The van der Waals surface area contributed by atoms with Crippen molar-refractivity contribution in [2.24, 2.45) is 0 Å². The number of nitrogens with one attached hydrogen (secondary N) is 1. The van der Waals surface area contributed by atoms with Crippen LogP contribution in [0.4, 0.5) is 14.9 Å². The van der Waals surface area contributed by atoms with Crippen LogP contribution in [0.25, 0.3) is 0 Å². The molecular weight excluding hydrogens is 319 g/mol. The highest BCUT2D eigenvalue weighted by molar-refractivity contribution is 5.89. The number of nitrogens with zero attached hydrogens (tertiary/aromatic N) is 1. The molecule has 0 radical (unpaired) electrons. The number of halogens is 1. The number of anilines is 1. The van der Waals surface area contributed by atoms with Gasteiger partial charge in [-0.3, -0.25) is 0 Å². The number of methoxy groups -OCH3 is 1. The van der Waals surface area contributed by atoms with Gasteiger partial charge in [-0.2, -0.15) is 0 Å². The summed E-state index contributed by atoms with van der Waals surface area (Å²) in [6.07, 6.45) is 4.14. The molecule has 1 fully saturated rings. The van der Waals surface area contributed by atoms with Crippen molar-refractivity contribution in [1.82, 2.24) is 4.90 Å². The average Bonchev–Trinajstić information content (AvgIpc) is 2.90. The highest BCUT2D eigenvalue weighted by Gasteiger charge is 2.26. The molecule has 0 spiro atoms. The molecule has 1 aliphatic heterocycles. The van der Waals surface area contributed by atoms with Crippen molar-refractivity contribution < 1.29 is 13.9 Å². The summed E-state index contributed by atoms with van der Waals surface area (Å²) in [5, 5.41) is 2.88. The quantitative estimate of drug-likeness (QED) is 0.854. The van der Waals surface area contributed by atoms with E-state index < -0.39 is 0 Å². The van der Waals surface area contributed by atoms with Crippen LogP contribution in [-0.2, 0) is 0 Å². The standard InChI is InChI=1S/C20H23FN2O2/c1-25-18-12-6-15(7-13-18)19-5-3-2-4-14-23(19)20(24)22-17-10-8-16(21)9-11-17/h6-13,19H,2-5,14H2,1H3,(H,22,24). The van der Waals surface area contributed by atoms with Gasteiger partial charge < -0.3 is 15.0 Å². The van der Waals surface area contributed by atoms with Gasteiger partial charge in [-0.15, -0.1) is 0 Å². The molecule has 132 valence electrons. The predicted molar refractivity (Wildman–Crippen MR) is 96.3 cm³/mol.